The zero-order valence-corrected chi connectivity index (χ0v) is 76.3. The molecule has 13 aromatic rings. The molecule has 0 aliphatic carbocycles. The van der Waals surface area contributed by atoms with E-state index in [0.717, 1.165) is 71.7 Å². The number of thioether (sulfide) groups is 1. The van der Waals surface area contributed by atoms with Crippen LogP contribution in [0.5, 0.6) is 0 Å². The maximum Gasteiger partial charge on any atom is 0.187 e. The smallest absolute Gasteiger partial charge is 0.187 e. The molecular weight excluding hydrogens is 1720 g/mol. The second kappa shape index (κ2) is 51.5. The Balaban J connectivity index is 0.846. The topological polar surface area (TPSA) is 196 Å². The van der Waals surface area contributed by atoms with Gasteiger partial charge in [-0.3, -0.25) is 0 Å². The van der Waals surface area contributed by atoms with Crippen LogP contribution in [0.15, 0.2) is 399 Å². The van der Waals surface area contributed by atoms with Crippen molar-refractivity contribution in [3.8, 4) is 0 Å². The lowest BCUT2D eigenvalue weighted by Crippen LogP contribution is -2.69. The van der Waals surface area contributed by atoms with Gasteiger partial charge in [0.05, 0.1) is 106 Å². The zero-order valence-electron chi connectivity index (χ0n) is 75.5. The predicted octanol–water partition coefficient (Wildman–Crippen LogP) is 19.7. The molecule has 4 aliphatic heterocycles. The maximum absolute atomic E-state index is 13.9. The summed E-state index contributed by atoms with van der Waals surface area (Å²) in [5, 5.41) is 13.9. The normalized spacial score (nSPS) is 25.2. The first-order valence-electron chi connectivity index (χ1n) is 46.6. The fourth-order valence-electron chi connectivity index (χ4n) is 17.2. The number of hydrogen-bond donors (Lipinski definition) is 1. The molecule has 0 amide bonds. The van der Waals surface area contributed by atoms with Gasteiger partial charge in [-0.25, -0.2) is 0 Å². The summed E-state index contributed by atoms with van der Waals surface area (Å²) in [4.78, 5) is 0.870. The van der Waals surface area contributed by atoms with Gasteiger partial charge in [0.1, 0.15) is 103 Å². The van der Waals surface area contributed by atoms with Gasteiger partial charge < -0.3 is 95.1 Å². The second-order valence-corrected chi connectivity index (χ2v) is 35.2. The van der Waals surface area contributed by atoms with Crippen LogP contribution in [0.2, 0.25) is 0 Å². The monoisotopic (exact) mass is 1840 g/mol. The molecule has 21 heteroatoms. The molecule has 17 rings (SSSR count). The Labute approximate surface area is 795 Å². The summed E-state index contributed by atoms with van der Waals surface area (Å²) in [6, 6.07) is 130. The van der Waals surface area contributed by atoms with Gasteiger partial charge in [-0.15, -0.1) is 0 Å². The molecule has 1 N–H and O–H groups in total. The molecule has 4 aliphatic rings. The maximum atomic E-state index is 13.9. The molecule has 0 bridgehead atoms. The molecule has 4 heterocycles. The van der Waals surface area contributed by atoms with Crippen LogP contribution in [0.25, 0.3) is 0 Å². The summed E-state index contributed by atoms with van der Waals surface area (Å²) in [7, 11) is 0. The minimum Gasteiger partial charge on any atom is -0.385 e. The highest BCUT2D eigenvalue weighted by atomic mass is 32.2. The van der Waals surface area contributed by atoms with Crippen LogP contribution in [0.3, 0.4) is 0 Å². The van der Waals surface area contributed by atoms with Crippen molar-refractivity contribution in [1.82, 2.24) is 0 Å². The molecule has 8 unspecified atom stereocenters. The molecule has 0 radical (unpaired) electrons. The van der Waals surface area contributed by atoms with Gasteiger partial charge in [0.2, 0.25) is 0 Å². The van der Waals surface area contributed by atoms with Crippen LogP contribution in [-0.2, 0) is 169 Å². The van der Waals surface area contributed by atoms with E-state index in [1.54, 1.807) is 0 Å². The molecule has 0 aromatic heterocycles. The molecule has 135 heavy (non-hydrogen) atoms. The van der Waals surface area contributed by atoms with Gasteiger partial charge in [-0.05, 0) is 78.9 Å². The van der Waals surface area contributed by atoms with Crippen molar-refractivity contribution >= 4 is 11.8 Å². The molecule has 20 atom stereocenters. The van der Waals surface area contributed by atoms with Gasteiger partial charge >= 0.3 is 0 Å². The molecule has 700 valence electrons. The van der Waals surface area contributed by atoms with Crippen LogP contribution < -0.4 is 0 Å². The minimum atomic E-state index is -1.63. The molecule has 13 aromatic carbocycles. The van der Waals surface area contributed by atoms with Crippen molar-refractivity contribution in [2.45, 2.75) is 206 Å². The lowest BCUT2D eigenvalue weighted by molar-refractivity contribution is -0.410. The fraction of sp³-hybridized carbons (Fsp3) is 0.316. The summed E-state index contributed by atoms with van der Waals surface area (Å²) in [6.45, 7) is 1.47. The van der Waals surface area contributed by atoms with E-state index in [4.69, 9.17) is 90.0 Å². The standard InChI is InChI=1S/C114H118O20S/c115-99-104(124-74-90-56-30-9-31-57-90)100(120-70-86-48-22-5-23-49-86)95(78-116-66-82-40-14-1-15-41-82)128-111(99)132-108-105(125-75-91-58-32-10-33-59-91)101(121-71-87-50-24-6-25-51-87)96(79-117-67-83-42-16-2-17-43-83)129-112(108)133-109-106(126-76-92-60-34-11-35-61-92)102(122-72-88-52-26-7-27-53-88)97(80-118-68-84-44-18-3-19-45-84)130-113(109)134-110-107(127-77-93-62-36-12-37-63-93)103(123-73-89-54-28-8-29-55-89)98(81-119-69-85-46-20-4-21-47-85)131-114(110)135-94-64-38-13-39-65-94/h1-65,95-115H,66-81H2/t95?,96?,97?,98?,99?,100-,101+,102-,103-,104+,105-,106-,107-,108?,109?,110?,111-,112-,113-,114-/m1/s1. The first-order valence-corrected chi connectivity index (χ1v) is 47.4. The molecule has 0 saturated carbocycles. The number of hydrogen-bond acceptors (Lipinski definition) is 21. The van der Waals surface area contributed by atoms with Gasteiger partial charge in [0.15, 0.2) is 18.9 Å². The molecular formula is C114H118O20S. The van der Waals surface area contributed by atoms with E-state index in [1.165, 1.54) is 11.8 Å². The van der Waals surface area contributed by atoms with E-state index >= 15 is 0 Å². The van der Waals surface area contributed by atoms with E-state index in [9.17, 15) is 5.11 Å². The first kappa shape index (κ1) is 96.1. The van der Waals surface area contributed by atoms with Crippen LogP contribution in [0.4, 0.5) is 0 Å². The Hall–Kier alpha value is -10.6. The van der Waals surface area contributed by atoms with Crippen LogP contribution >= 0.6 is 11.8 Å². The van der Waals surface area contributed by atoms with Crippen LogP contribution in [0, 0.1) is 0 Å². The minimum absolute atomic E-state index is 0.0165. The third-order valence-electron chi connectivity index (χ3n) is 24.1. The number of ether oxygens (including phenoxy) is 19. The zero-order chi connectivity index (χ0) is 91.5. The molecule has 0 spiro atoms. The summed E-state index contributed by atoms with van der Waals surface area (Å²) >= 11 is 1.47. The van der Waals surface area contributed by atoms with E-state index in [-0.39, 0.29) is 106 Å². The summed E-state index contributed by atoms with van der Waals surface area (Å²) in [5.41, 5.74) is 9.80. The average Bonchev–Trinajstić information content (AvgIpc) is 0.753. The third kappa shape index (κ3) is 28.3. The van der Waals surface area contributed by atoms with Gasteiger partial charge in [-0.2, -0.15) is 0 Å². The van der Waals surface area contributed by atoms with E-state index in [2.05, 4.69) is 0 Å². The van der Waals surface area contributed by atoms with Gasteiger partial charge in [0, 0.05) is 4.90 Å². The fourth-order valence-corrected chi connectivity index (χ4v) is 18.3. The number of aliphatic hydroxyl groups excluding tert-OH is 1. The number of benzene rings is 13. The largest absolute Gasteiger partial charge is 0.385 e. The van der Waals surface area contributed by atoms with Crippen molar-refractivity contribution in [3.63, 3.8) is 0 Å². The van der Waals surface area contributed by atoms with Gasteiger partial charge in [0.25, 0.3) is 0 Å². The Morgan fingerprint density at radius 2 is 0.370 bits per heavy atom. The third-order valence-corrected chi connectivity index (χ3v) is 25.3. The molecule has 20 nitrogen and oxygen atoms in total. The Morgan fingerprint density at radius 1 is 0.185 bits per heavy atom. The lowest BCUT2D eigenvalue weighted by Gasteiger charge is -2.52. The lowest BCUT2D eigenvalue weighted by atomic mass is 9.95. The molecule has 4 fully saturated rings. The van der Waals surface area contributed by atoms with Crippen LogP contribution in [-0.4, -0.2) is 154 Å². The van der Waals surface area contributed by atoms with E-state index in [1.807, 2.05) is 394 Å². The van der Waals surface area contributed by atoms with Crippen molar-refractivity contribution < 1.29 is 95.1 Å². The summed E-state index contributed by atoms with van der Waals surface area (Å²) in [6.07, 6.45) is -22.9. The van der Waals surface area contributed by atoms with E-state index < -0.39 is 122 Å². The van der Waals surface area contributed by atoms with Crippen LogP contribution in [0.1, 0.15) is 66.8 Å². The highest BCUT2D eigenvalue weighted by Crippen LogP contribution is 2.44. The second-order valence-electron chi connectivity index (χ2n) is 34.0. The number of aliphatic hydroxyl groups is 1. The predicted molar refractivity (Wildman–Crippen MR) is 512 cm³/mol. The Kier molecular flexibility index (Phi) is 36.7. The van der Waals surface area contributed by atoms with Crippen molar-refractivity contribution in [1.29, 1.82) is 0 Å². The first-order chi connectivity index (χ1) is 66.9. The summed E-state index contributed by atoms with van der Waals surface area (Å²) in [5.74, 6) is 0. The average molecular weight is 1840 g/mol. The van der Waals surface area contributed by atoms with E-state index in [0.29, 0.717) is 0 Å². The SMILES string of the molecule is OC1[C@@H](OC2[C@@H](OC3[C@@H](OC4[C@@H](Sc5ccccc5)OC(COCc5ccccc5)[C@@H](OCc5ccccc5)[C@H]4OCc4ccccc4)OC(COCc4ccccc4)[C@@H](OCc4ccccc4)[C@H]3OCc3ccccc3)OC(COCc3ccccc3)[C@H](OCc3ccccc3)[C@H]2OCc2ccccc2)OC(COCc2ccccc2)[C@@H](OCc2ccccc2)[C@H]1OCc1ccccc1. The Bertz CT molecular complexity index is 5430. The molecule has 4 saturated heterocycles. The number of rotatable bonds is 48. The van der Waals surface area contributed by atoms with Crippen molar-refractivity contribution in [2.75, 3.05) is 26.4 Å². The van der Waals surface area contributed by atoms with Gasteiger partial charge in [-0.1, -0.05) is 394 Å². The van der Waals surface area contributed by atoms with Crippen molar-refractivity contribution in [2.24, 2.45) is 0 Å². The Morgan fingerprint density at radius 3 is 0.630 bits per heavy atom. The highest BCUT2D eigenvalue weighted by molar-refractivity contribution is 7.99. The van der Waals surface area contributed by atoms with Crippen molar-refractivity contribution in [3.05, 3.63) is 461 Å². The quantitative estimate of drug-likeness (QED) is 0.0378. The summed E-state index contributed by atoms with van der Waals surface area (Å²) < 4.78 is 142. The highest BCUT2D eigenvalue weighted by Gasteiger charge is 2.60.